The summed E-state index contributed by atoms with van der Waals surface area (Å²) >= 11 is 7.46. The Morgan fingerprint density at radius 1 is 0.649 bits per heavy atom. The SMILES string of the molecule is CCCOc1c(Cl)c(C2(OCCC)c3ccccc3Cc3ccccc32)c(OCCC)c2ccccc12. The lowest BCUT2D eigenvalue weighted by molar-refractivity contribution is 0.00874. The second kappa shape index (κ2) is 11.2. The Labute approximate surface area is 225 Å². The fraction of sp³-hybridized carbons (Fsp3) is 0.333. The number of hydrogen-bond donors (Lipinski definition) is 0. The van der Waals surface area contributed by atoms with Gasteiger partial charge in [-0.2, -0.15) is 0 Å². The first-order valence-corrected chi connectivity index (χ1v) is 13.9. The van der Waals surface area contributed by atoms with Crippen molar-refractivity contribution in [3.05, 3.63) is 106 Å². The molecule has 1 aliphatic rings. The Morgan fingerprint density at radius 3 is 1.70 bits per heavy atom. The molecule has 0 spiro atoms. The second-order valence-corrected chi connectivity index (χ2v) is 9.99. The molecule has 4 aromatic rings. The minimum absolute atomic E-state index is 0.556. The van der Waals surface area contributed by atoms with Crippen molar-refractivity contribution in [1.82, 2.24) is 0 Å². The average Bonchev–Trinajstić information content (AvgIpc) is 2.94. The van der Waals surface area contributed by atoms with Crippen molar-refractivity contribution < 1.29 is 14.2 Å². The maximum absolute atomic E-state index is 7.46. The molecular formula is C33H35ClO3. The molecule has 0 fully saturated rings. The molecule has 0 aromatic heterocycles. The van der Waals surface area contributed by atoms with E-state index in [2.05, 4.69) is 81.4 Å². The molecule has 0 radical (unpaired) electrons. The number of rotatable bonds is 10. The van der Waals surface area contributed by atoms with Crippen molar-refractivity contribution >= 4 is 22.4 Å². The molecule has 0 unspecified atom stereocenters. The van der Waals surface area contributed by atoms with Crippen LogP contribution in [0.15, 0.2) is 72.8 Å². The van der Waals surface area contributed by atoms with Gasteiger partial charge < -0.3 is 14.2 Å². The fourth-order valence-corrected chi connectivity index (χ4v) is 5.87. The van der Waals surface area contributed by atoms with Crippen molar-refractivity contribution in [2.24, 2.45) is 0 Å². The highest BCUT2D eigenvalue weighted by atomic mass is 35.5. The zero-order valence-corrected chi connectivity index (χ0v) is 22.7. The Bertz CT molecular complexity index is 1350. The van der Waals surface area contributed by atoms with Crippen molar-refractivity contribution in [1.29, 1.82) is 0 Å². The Hall–Kier alpha value is -3.01. The summed E-state index contributed by atoms with van der Waals surface area (Å²) in [4.78, 5) is 0. The number of benzene rings is 4. The van der Waals surface area contributed by atoms with Gasteiger partial charge in [-0.3, -0.25) is 0 Å². The summed E-state index contributed by atoms with van der Waals surface area (Å²) in [6, 6.07) is 25.4. The lowest BCUT2D eigenvalue weighted by Crippen LogP contribution is -2.38. The molecule has 4 aromatic carbocycles. The van der Waals surface area contributed by atoms with Crippen molar-refractivity contribution in [2.45, 2.75) is 52.1 Å². The predicted octanol–water partition coefficient (Wildman–Crippen LogP) is 8.69. The molecule has 0 amide bonds. The summed E-state index contributed by atoms with van der Waals surface area (Å²) in [5, 5.41) is 2.50. The molecule has 37 heavy (non-hydrogen) atoms. The van der Waals surface area contributed by atoms with Gasteiger partial charge in [0, 0.05) is 17.4 Å². The summed E-state index contributed by atoms with van der Waals surface area (Å²) in [5.74, 6) is 1.46. The van der Waals surface area contributed by atoms with Crippen molar-refractivity contribution in [3.8, 4) is 11.5 Å². The van der Waals surface area contributed by atoms with E-state index in [1.165, 1.54) is 11.1 Å². The van der Waals surface area contributed by atoms with Crippen LogP contribution in [0.25, 0.3) is 10.8 Å². The van der Waals surface area contributed by atoms with Crippen LogP contribution in [0.1, 0.15) is 67.9 Å². The number of halogens is 1. The monoisotopic (exact) mass is 514 g/mol. The topological polar surface area (TPSA) is 27.7 Å². The predicted molar refractivity (Wildman–Crippen MR) is 152 cm³/mol. The van der Waals surface area contributed by atoms with Gasteiger partial charge in [0.1, 0.15) is 17.1 Å². The van der Waals surface area contributed by atoms with Crippen LogP contribution in [-0.4, -0.2) is 19.8 Å². The lowest BCUT2D eigenvalue weighted by atomic mass is 9.70. The summed E-state index contributed by atoms with van der Waals surface area (Å²) in [6.45, 7) is 8.10. The summed E-state index contributed by atoms with van der Waals surface area (Å²) in [5.41, 5.74) is 4.60. The molecule has 0 N–H and O–H groups in total. The van der Waals surface area contributed by atoms with Crippen LogP contribution in [0.4, 0.5) is 0 Å². The quantitative estimate of drug-likeness (QED) is 0.212. The fourth-order valence-electron chi connectivity index (χ4n) is 5.50. The molecule has 192 valence electrons. The van der Waals surface area contributed by atoms with E-state index in [9.17, 15) is 0 Å². The molecule has 1 aliphatic carbocycles. The van der Waals surface area contributed by atoms with Gasteiger partial charge in [0.15, 0.2) is 0 Å². The zero-order valence-electron chi connectivity index (χ0n) is 22.0. The highest BCUT2D eigenvalue weighted by Crippen LogP contribution is 2.56. The van der Waals surface area contributed by atoms with Crippen molar-refractivity contribution in [2.75, 3.05) is 19.8 Å². The lowest BCUT2D eigenvalue weighted by Gasteiger charge is -2.42. The molecule has 0 saturated heterocycles. The Kier molecular flexibility index (Phi) is 7.73. The summed E-state index contributed by atoms with van der Waals surface area (Å²) in [7, 11) is 0. The standard InChI is InChI=1S/C33H35ClO3/c1-4-19-35-31-25-15-9-10-16-26(25)32(36-20-5-2)30(34)29(31)33(37-21-6-3)27-17-11-7-13-23(27)22-24-14-8-12-18-28(24)33/h7-18H,4-6,19-22H2,1-3H3. The van der Waals surface area contributed by atoms with Crippen LogP contribution < -0.4 is 9.47 Å². The van der Waals surface area contributed by atoms with Crippen LogP contribution in [0.3, 0.4) is 0 Å². The van der Waals surface area contributed by atoms with E-state index in [4.69, 9.17) is 25.8 Å². The van der Waals surface area contributed by atoms with E-state index in [0.717, 1.165) is 58.9 Å². The van der Waals surface area contributed by atoms with Gasteiger partial charge in [-0.05, 0) is 47.9 Å². The third kappa shape index (κ3) is 4.39. The van der Waals surface area contributed by atoms with Gasteiger partial charge >= 0.3 is 0 Å². The Morgan fingerprint density at radius 2 is 1.14 bits per heavy atom. The van der Waals surface area contributed by atoms with Gasteiger partial charge in [-0.1, -0.05) is 105 Å². The first kappa shape index (κ1) is 25.6. The van der Waals surface area contributed by atoms with Crippen LogP contribution in [0.2, 0.25) is 5.02 Å². The number of hydrogen-bond acceptors (Lipinski definition) is 3. The highest BCUT2D eigenvalue weighted by Gasteiger charge is 2.47. The normalized spacial score (nSPS) is 13.7. The number of fused-ring (bicyclic) bond motifs is 3. The minimum Gasteiger partial charge on any atom is -0.492 e. The van der Waals surface area contributed by atoms with Crippen LogP contribution >= 0.6 is 11.6 Å². The first-order valence-electron chi connectivity index (χ1n) is 13.5. The summed E-state index contributed by atoms with van der Waals surface area (Å²) < 4.78 is 20.0. The molecule has 0 saturated carbocycles. The third-order valence-electron chi connectivity index (χ3n) is 7.01. The van der Waals surface area contributed by atoms with Gasteiger partial charge in [0.2, 0.25) is 0 Å². The van der Waals surface area contributed by atoms with E-state index >= 15 is 0 Å². The first-order chi connectivity index (χ1) is 18.2. The maximum atomic E-state index is 7.46. The molecule has 0 bridgehead atoms. The largest absolute Gasteiger partial charge is 0.492 e. The van der Waals surface area contributed by atoms with Gasteiger partial charge in [-0.15, -0.1) is 0 Å². The van der Waals surface area contributed by atoms with E-state index in [1.54, 1.807) is 0 Å². The molecule has 0 aliphatic heterocycles. The van der Waals surface area contributed by atoms with Crippen LogP contribution in [-0.2, 0) is 16.8 Å². The van der Waals surface area contributed by atoms with Crippen LogP contribution in [0, 0.1) is 0 Å². The van der Waals surface area contributed by atoms with E-state index in [0.29, 0.717) is 30.6 Å². The Balaban J connectivity index is 1.95. The van der Waals surface area contributed by atoms with Crippen molar-refractivity contribution in [3.63, 3.8) is 0 Å². The molecule has 4 heteroatoms. The minimum atomic E-state index is -0.935. The van der Waals surface area contributed by atoms with E-state index in [-0.39, 0.29) is 0 Å². The maximum Gasteiger partial charge on any atom is 0.149 e. The smallest absolute Gasteiger partial charge is 0.149 e. The molecule has 0 atom stereocenters. The van der Waals surface area contributed by atoms with E-state index in [1.807, 2.05) is 12.1 Å². The van der Waals surface area contributed by atoms with Gasteiger partial charge in [-0.25, -0.2) is 0 Å². The van der Waals surface area contributed by atoms with Gasteiger partial charge in [0.25, 0.3) is 0 Å². The molecular weight excluding hydrogens is 480 g/mol. The second-order valence-electron chi connectivity index (χ2n) is 9.61. The molecule has 5 rings (SSSR count). The third-order valence-corrected chi connectivity index (χ3v) is 7.37. The molecule has 3 nitrogen and oxygen atoms in total. The summed E-state index contributed by atoms with van der Waals surface area (Å²) in [6.07, 6.45) is 3.49. The highest BCUT2D eigenvalue weighted by molar-refractivity contribution is 6.35. The number of ether oxygens (including phenoxy) is 3. The molecule has 0 heterocycles. The zero-order chi connectivity index (χ0) is 25.8. The van der Waals surface area contributed by atoms with Crippen LogP contribution in [0.5, 0.6) is 11.5 Å². The average molecular weight is 515 g/mol. The van der Waals surface area contributed by atoms with E-state index < -0.39 is 5.60 Å². The van der Waals surface area contributed by atoms with Gasteiger partial charge in [0.05, 0.1) is 23.8 Å².